The van der Waals surface area contributed by atoms with Gasteiger partial charge in [0.15, 0.2) is 11.5 Å². The molecule has 27 heavy (non-hydrogen) atoms. The number of aliphatic hydroxyl groups excluding tert-OH is 1. The molecule has 0 aromatic heterocycles. The lowest BCUT2D eigenvalue weighted by Crippen LogP contribution is -2.40. The van der Waals surface area contributed by atoms with E-state index in [4.69, 9.17) is 9.47 Å². The summed E-state index contributed by atoms with van der Waals surface area (Å²) >= 11 is 1.98. The van der Waals surface area contributed by atoms with Crippen LogP contribution < -0.4 is 9.47 Å². The van der Waals surface area contributed by atoms with Gasteiger partial charge in [0, 0.05) is 50.8 Å². The maximum absolute atomic E-state index is 10.3. The SMILES string of the molecule is COc1cc(CN2CC=C(C)CC2)ccc1OCC(O)CN1CCSCC1. The van der Waals surface area contributed by atoms with Crippen LogP contribution in [-0.2, 0) is 6.54 Å². The van der Waals surface area contributed by atoms with Crippen LogP contribution in [0, 0.1) is 0 Å². The van der Waals surface area contributed by atoms with E-state index in [1.54, 1.807) is 7.11 Å². The topological polar surface area (TPSA) is 45.2 Å². The summed E-state index contributed by atoms with van der Waals surface area (Å²) in [4.78, 5) is 4.74. The van der Waals surface area contributed by atoms with E-state index < -0.39 is 6.10 Å². The van der Waals surface area contributed by atoms with E-state index in [2.05, 4.69) is 34.9 Å². The number of aliphatic hydroxyl groups is 1. The molecule has 1 aromatic rings. The Morgan fingerprint density at radius 1 is 1.15 bits per heavy atom. The minimum absolute atomic E-state index is 0.287. The van der Waals surface area contributed by atoms with Gasteiger partial charge in [-0.05, 0) is 31.0 Å². The van der Waals surface area contributed by atoms with Gasteiger partial charge in [-0.1, -0.05) is 17.7 Å². The number of benzene rings is 1. The van der Waals surface area contributed by atoms with Crippen LogP contribution in [0.15, 0.2) is 29.8 Å². The third kappa shape index (κ3) is 6.42. The minimum Gasteiger partial charge on any atom is -0.493 e. The normalized spacial score (nSPS) is 20.2. The molecule has 1 aromatic carbocycles. The summed E-state index contributed by atoms with van der Waals surface area (Å²) in [6, 6.07) is 6.11. The molecule has 5 nitrogen and oxygen atoms in total. The second kappa shape index (κ2) is 10.4. The Balaban J connectivity index is 1.51. The number of ether oxygens (including phenoxy) is 2. The van der Waals surface area contributed by atoms with Gasteiger partial charge >= 0.3 is 0 Å². The summed E-state index contributed by atoms with van der Waals surface area (Å²) in [5, 5.41) is 10.3. The molecule has 1 fully saturated rings. The third-order valence-electron chi connectivity index (χ3n) is 5.16. The van der Waals surface area contributed by atoms with Gasteiger partial charge < -0.3 is 14.6 Å². The molecule has 1 N–H and O–H groups in total. The molecule has 0 saturated carbocycles. The van der Waals surface area contributed by atoms with Gasteiger partial charge in [-0.3, -0.25) is 9.80 Å². The Morgan fingerprint density at radius 3 is 2.67 bits per heavy atom. The van der Waals surface area contributed by atoms with Gasteiger partial charge in [-0.15, -0.1) is 0 Å². The maximum Gasteiger partial charge on any atom is 0.161 e. The van der Waals surface area contributed by atoms with Crippen molar-refractivity contribution in [3.05, 3.63) is 35.4 Å². The molecule has 0 bridgehead atoms. The fourth-order valence-electron chi connectivity index (χ4n) is 3.46. The van der Waals surface area contributed by atoms with E-state index in [1.807, 2.05) is 17.8 Å². The maximum atomic E-state index is 10.3. The highest BCUT2D eigenvalue weighted by Crippen LogP contribution is 2.29. The zero-order chi connectivity index (χ0) is 19.1. The fourth-order valence-corrected chi connectivity index (χ4v) is 4.44. The number of thioether (sulfide) groups is 1. The number of methoxy groups -OCH3 is 1. The summed E-state index contributed by atoms with van der Waals surface area (Å²) in [7, 11) is 1.67. The molecule has 2 heterocycles. The third-order valence-corrected chi connectivity index (χ3v) is 6.10. The Bertz CT molecular complexity index is 632. The molecule has 2 aliphatic rings. The Kier molecular flexibility index (Phi) is 7.88. The number of rotatable bonds is 8. The van der Waals surface area contributed by atoms with Crippen LogP contribution in [0.4, 0.5) is 0 Å². The van der Waals surface area contributed by atoms with Crippen LogP contribution >= 0.6 is 11.8 Å². The van der Waals surface area contributed by atoms with Crippen molar-refractivity contribution in [2.75, 3.05) is 57.9 Å². The van der Waals surface area contributed by atoms with Crippen LogP contribution in [0.3, 0.4) is 0 Å². The average molecular weight is 393 g/mol. The molecule has 1 saturated heterocycles. The molecular formula is C21H32N2O3S. The molecule has 150 valence electrons. The highest BCUT2D eigenvalue weighted by molar-refractivity contribution is 7.99. The molecule has 0 spiro atoms. The largest absolute Gasteiger partial charge is 0.493 e. The zero-order valence-electron chi connectivity index (χ0n) is 16.5. The first-order valence-corrected chi connectivity index (χ1v) is 11.0. The standard InChI is InChI=1S/C21H32N2O3S/c1-17-5-7-22(8-6-17)14-18-3-4-20(21(13-18)25-2)26-16-19(24)15-23-9-11-27-12-10-23/h3-5,13,19,24H,6-12,14-16H2,1-2H3. The molecule has 1 unspecified atom stereocenters. The molecule has 0 radical (unpaired) electrons. The molecule has 0 amide bonds. The van der Waals surface area contributed by atoms with Crippen molar-refractivity contribution in [3.63, 3.8) is 0 Å². The lowest BCUT2D eigenvalue weighted by molar-refractivity contribution is 0.0704. The number of hydrogen-bond acceptors (Lipinski definition) is 6. The Labute approximate surface area is 167 Å². The summed E-state index contributed by atoms with van der Waals surface area (Å²) in [5.74, 6) is 3.73. The predicted molar refractivity (Wildman–Crippen MR) is 112 cm³/mol. The lowest BCUT2D eigenvalue weighted by atomic mass is 10.1. The van der Waals surface area contributed by atoms with Gasteiger partial charge in [-0.2, -0.15) is 11.8 Å². The molecule has 2 aliphatic heterocycles. The van der Waals surface area contributed by atoms with Crippen LogP contribution in [0.1, 0.15) is 18.9 Å². The van der Waals surface area contributed by atoms with Gasteiger partial charge in [-0.25, -0.2) is 0 Å². The summed E-state index contributed by atoms with van der Waals surface area (Å²) in [5.41, 5.74) is 2.70. The quantitative estimate of drug-likeness (QED) is 0.686. The number of hydrogen-bond donors (Lipinski definition) is 1. The Hall–Kier alpha value is -1.21. The van der Waals surface area contributed by atoms with Crippen molar-refractivity contribution in [1.29, 1.82) is 0 Å². The van der Waals surface area contributed by atoms with Crippen molar-refractivity contribution in [3.8, 4) is 11.5 Å². The van der Waals surface area contributed by atoms with Gasteiger partial charge in [0.2, 0.25) is 0 Å². The van der Waals surface area contributed by atoms with Crippen molar-refractivity contribution in [1.82, 2.24) is 9.80 Å². The molecular weight excluding hydrogens is 360 g/mol. The monoisotopic (exact) mass is 392 g/mol. The van der Waals surface area contributed by atoms with Gasteiger partial charge in [0.05, 0.1) is 7.11 Å². The molecule has 3 rings (SSSR count). The van der Waals surface area contributed by atoms with Crippen LogP contribution in [0.2, 0.25) is 0 Å². The van der Waals surface area contributed by atoms with Crippen LogP contribution in [0.25, 0.3) is 0 Å². The lowest BCUT2D eigenvalue weighted by Gasteiger charge is -2.28. The highest BCUT2D eigenvalue weighted by atomic mass is 32.2. The van der Waals surface area contributed by atoms with E-state index in [0.717, 1.165) is 56.4 Å². The molecule has 1 atom stereocenters. The van der Waals surface area contributed by atoms with Crippen LogP contribution in [0.5, 0.6) is 11.5 Å². The zero-order valence-corrected chi connectivity index (χ0v) is 17.3. The van der Waals surface area contributed by atoms with E-state index >= 15 is 0 Å². The van der Waals surface area contributed by atoms with E-state index in [1.165, 1.54) is 11.1 Å². The first kappa shape index (κ1) is 20.5. The van der Waals surface area contributed by atoms with Gasteiger partial charge in [0.1, 0.15) is 12.7 Å². The fraction of sp³-hybridized carbons (Fsp3) is 0.619. The van der Waals surface area contributed by atoms with Crippen LogP contribution in [-0.4, -0.2) is 79.0 Å². The average Bonchev–Trinajstić information content (AvgIpc) is 2.69. The number of nitrogens with zero attached hydrogens (tertiary/aromatic N) is 2. The van der Waals surface area contributed by atoms with Crippen molar-refractivity contribution >= 4 is 11.8 Å². The van der Waals surface area contributed by atoms with Crippen molar-refractivity contribution in [2.24, 2.45) is 0 Å². The van der Waals surface area contributed by atoms with E-state index in [9.17, 15) is 5.11 Å². The summed E-state index contributed by atoms with van der Waals surface area (Å²) < 4.78 is 11.4. The predicted octanol–water partition coefficient (Wildman–Crippen LogP) is 2.64. The van der Waals surface area contributed by atoms with Crippen molar-refractivity contribution < 1.29 is 14.6 Å². The minimum atomic E-state index is -0.485. The second-order valence-electron chi connectivity index (χ2n) is 7.40. The van der Waals surface area contributed by atoms with Crippen molar-refractivity contribution in [2.45, 2.75) is 26.0 Å². The summed E-state index contributed by atoms with van der Waals surface area (Å²) in [6.07, 6.45) is 2.97. The summed E-state index contributed by atoms with van der Waals surface area (Å²) in [6.45, 7) is 8.27. The smallest absolute Gasteiger partial charge is 0.161 e. The second-order valence-corrected chi connectivity index (χ2v) is 8.62. The highest BCUT2D eigenvalue weighted by Gasteiger charge is 2.17. The van der Waals surface area contributed by atoms with Gasteiger partial charge in [0.25, 0.3) is 0 Å². The molecule has 0 aliphatic carbocycles. The van der Waals surface area contributed by atoms with E-state index in [-0.39, 0.29) is 6.61 Å². The first-order valence-electron chi connectivity index (χ1n) is 9.80. The Morgan fingerprint density at radius 2 is 1.96 bits per heavy atom. The number of β-amino-alcohol motifs (C(OH)–C–C–N with tert-alkyl or cyclic N) is 1. The molecule has 6 heteroatoms. The first-order chi connectivity index (χ1) is 13.1. The van der Waals surface area contributed by atoms with E-state index in [0.29, 0.717) is 12.3 Å².